The third kappa shape index (κ3) is 5.16. The van der Waals surface area contributed by atoms with E-state index in [1.807, 2.05) is 24.1 Å². The number of amides is 1. The lowest BCUT2D eigenvalue weighted by Gasteiger charge is -2.28. The lowest BCUT2D eigenvalue weighted by atomic mass is 10.0. The molecule has 1 aromatic rings. The van der Waals surface area contributed by atoms with E-state index in [9.17, 15) is 4.79 Å². The smallest absolute Gasteiger partial charge is 0.222 e. The van der Waals surface area contributed by atoms with E-state index in [0.29, 0.717) is 6.42 Å². The van der Waals surface area contributed by atoms with Crippen LogP contribution in [0.25, 0.3) is 0 Å². The van der Waals surface area contributed by atoms with Gasteiger partial charge in [-0.05, 0) is 50.4 Å². The van der Waals surface area contributed by atoms with Gasteiger partial charge in [-0.25, -0.2) is 0 Å². The number of hydrogen-bond donors (Lipinski definition) is 0. The molecule has 0 spiro atoms. The Hall–Kier alpha value is -1.35. The van der Waals surface area contributed by atoms with E-state index >= 15 is 0 Å². The first kappa shape index (κ1) is 16.0. The zero-order valence-electron chi connectivity index (χ0n) is 13.5. The molecule has 116 valence electrons. The fourth-order valence-corrected chi connectivity index (χ4v) is 2.92. The summed E-state index contributed by atoms with van der Waals surface area (Å²) in [6.45, 7) is 6.38. The van der Waals surface area contributed by atoms with Crippen LogP contribution in [0.5, 0.6) is 0 Å². The van der Waals surface area contributed by atoms with E-state index in [1.54, 1.807) is 0 Å². The standard InChI is InChI=1S/C18H28N2O/c1-16-8-4-5-9-17(16)10-11-18(21)19(2)14-15-20-12-6-3-7-13-20/h4-5,8-9H,3,6-7,10-15H2,1-2H3. The highest BCUT2D eigenvalue weighted by Gasteiger charge is 2.13. The second-order valence-electron chi connectivity index (χ2n) is 6.14. The summed E-state index contributed by atoms with van der Waals surface area (Å²) in [5.41, 5.74) is 2.57. The Kier molecular flexibility index (Phi) is 6.24. The van der Waals surface area contributed by atoms with Crippen molar-refractivity contribution in [2.24, 2.45) is 0 Å². The molecule has 0 aromatic heterocycles. The minimum absolute atomic E-state index is 0.260. The molecule has 3 nitrogen and oxygen atoms in total. The van der Waals surface area contributed by atoms with E-state index in [-0.39, 0.29) is 5.91 Å². The van der Waals surface area contributed by atoms with Crippen molar-refractivity contribution in [1.82, 2.24) is 9.80 Å². The summed E-state index contributed by atoms with van der Waals surface area (Å²) in [6.07, 6.45) is 5.44. The van der Waals surface area contributed by atoms with Crippen molar-refractivity contribution in [2.45, 2.75) is 39.0 Å². The molecule has 1 saturated heterocycles. The van der Waals surface area contributed by atoms with Crippen molar-refractivity contribution in [1.29, 1.82) is 0 Å². The number of piperidine rings is 1. The first-order valence-corrected chi connectivity index (χ1v) is 8.17. The van der Waals surface area contributed by atoms with Gasteiger partial charge in [0, 0.05) is 26.6 Å². The number of likely N-dealkylation sites (N-methyl/N-ethyl adjacent to an activating group) is 1. The SMILES string of the molecule is Cc1ccccc1CCC(=O)N(C)CCN1CCCCC1. The number of likely N-dealkylation sites (tertiary alicyclic amines) is 1. The molecule has 0 bridgehead atoms. The molecule has 21 heavy (non-hydrogen) atoms. The van der Waals surface area contributed by atoms with E-state index in [0.717, 1.165) is 19.5 Å². The van der Waals surface area contributed by atoms with Crippen LogP contribution in [0, 0.1) is 6.92 Å². The molecular formula is C18H28N2O. The predicted molar refractivity (Wildman–Crippen MR) is 87.4 cm³/mol. The molecule has 0 unspecified atom stereocenters. The minimum Gasteiger partial charge on any atom is -0.344 e. The van der Waals surface area contributed by atoms with Crippen molar-refractivity contribution < 1.29 is 4.79 Å². The summed E-state index contributed by atoms with van der Waals surface area (Å²) in [6, 6.07) is 8.33. The number of rotatable bonds is 6. The fourth-order valence-electron chi connectivity index (χ4n) is 2.92. The summed E-state index contributed by atoms with van der Waals surface area (Å²) in [7, 11) is 1.93. The highest BCUT2D eigenvalue weighted by Crippen LogP contribution is 2.11. The molecule has 1 aliphatic rings. The molecule has 0 saturated carbocycles. The highest BCUT2D eigenvalue weighted by molar-refractivity contribution is 5.76. The second kappa shape index (κ2) is 8.18. The second-order valence-corrected chi connectivity index (χ2v) is 6.14. The van der Waals surface area contributed by atoms with Crippen LogP contribution in [0.1, 0.15) is 36.8 Å². The zero-order valence-corrected chi connectivity index (χ0v) is 13.5. The average Bonchev–Trinajstić information content (AvgIpc) is 2.52. The van der Waals surface area contributed by atoms with Crippen molar-refractivity contribution in [3.8, 4) is 0 Å². The third-order valence-electron chi connectivity index (χ3n) is 4.50. The Morgan fingerprint density at radius 1 is 1.19 bits per heavy atom. The molecule has 0 N–H and O–H groups in total. The van der Waals surface area contributed by atoms with Crippen LogP contribution in [-0.2, 0) is 11.2 Å². The molecule has 1 fully saturated rings. The molecule has 3 heteroatoms. The minimum atomic E-state index is 0.260. The van der Waals surface area contributed by atoms with Gasteiger partial charge in [0.25, 0.3) is 0 Å². The van der Waals surface area contributed by atoms with Crippen molar-refractivity contribution in [3.05, 3.63) is 35.4 Å². The lowest BCUT2D eigenvalue weighted by molar-refractivity contribution is -0.130. The van der Waals surface area contributed by atoms with Crippen LogP contribution in [-0.4, -0.2) is 48.9 Å². The quantitative estimate of drug-likeness (QED) is 0.803. The van der Waals surface area contributed by atoms with Gasteiger partial charge in [0.15, 0.2) is 0 Å². The Morgan fingerprint density at radius 3 is 2.62 bits per heavy atom. The van der Waals surface area contributed by atoms with Crippen LogP contribution in [0.4, 0.5) is 0 Å². The number of carbonyl (C=O) groups excluding carboxylic acids is 1. The monoisotopic (exact) mass is 288 g/mol. The molecular weight excluding hydrogens is 260 g/mol. The van der Waals surface area contributed by atoms with Gasteiger partial charge < -0.3 is 9.80 Å². The average molecular weight is 288 g/mol. The topological polar surface area (TPSA) is 23.6 Å². The summed E-state index contributed by atoms with van der Waals surface area (Å²) in [5, 5.41) is 0. The Bertz CT molecular complexity index is 452. The maximum absolute atomic E-state index is 12.2. The fraction of sp³-hybridized carbons (Fsp3) is 0.611. The molecule has 0 atom stereocenters. The molecule has 1 heterocycles. The molecule has 1 amide bonds. The number of benzene rings is 1. The van der Waals surface area contributed by atoms with Gasteiger partial charge in [-0.3, -0.25) is 4.79 Å². The van der Waals surface area contributed by atoms with Crippen LogP contribution in [0.15, 0.2) is 24.3 Å². The van der Waals surface area contributed by atoms with Crippen LogP contribution < -0.4 is 0 Å². The molecule has 1 aromatic carbocycles. The van der Waals surface area contributed by atoms with Crippen LogP contribution in [0.2, 0.25) is 0 Å². The van der Waals surface area contributed by atoms with Gasteiger partial charge in [0.05, 0.1) is 0 Å². The zero-order chi connectivity index (χ0) is 15.1. The van der Waals surface area contributed by atoms with Crippen molar-refractivity contribution >= 4 is 5.91 Å². The molecule has 2 rings (SSSR count). The molecule has 0 aliphatic carbocycles. The van der Waals surface area contributed by atoms with E-state index in [1.165, 1.54) is 43.5 Å². The van der Waals surface area contributed by atoms with Gasteiger partial charge in [0.2, 0.25) is 5.91 Å². The van der Waals surface area contributed by atoms with E-state index in [2.05, 4.69) is 24.0 Å². The summed E-state index contributed by atoms with van der Waals surface area (Å²) < 4.78 is 0. The van der Waals surface area contributed by atoms with Gasteiger partial charge in [-0.15, -0.1) is 0 Å². The van der Waals surface area contributed by atoms with E-state index < -0.39 is 0 Å². The summed E-state index contributed by atoms with van der Waals surface area (Å²) in [5.74, 6) is 0.260. The number of carbonyl (C=O) groups is 1. The third-order valence-corrected chi connectivity index (χ3v) is 4.50. The van der Waals surface area contributed by atoms with Crippen molar-refractivity contribution in [3.63, 3.8) is 0 Å². The molecule has 1 aliphatic heterocycles. The number of aryl methyl sites for hydroxylation is 2. The van der Waals surface area contributed by atoms with Crippen LogP contribution >= 0.6 is 0 Å². The summed E-state index contributed by atoms with van der Waals surface area (Å²) in [4.78, 5) is 16.6. The number of hydrogen-bond acceptors (Lipinski definition) is 2. The maximum atomic E-state index is 12.2. The van der Waals surface area contributed by atoms with Crippen molar-refractivity contribution in [2.75, 3.05) is 33.2 Å². The molecule has 0 radical (unpaired) electrons. The van der Waals surface area contributed by atoms with Crippen LogP contribution in [0.3, 0.4) is 0 Å². The lowest BCUT2D eigenvalue weighted by Crippen LogP contribution is -2.38. The number of nitrogens with zero attached hydrogens (tertiary/aromatic N) is 2. The normalized spacial score (nSPS) is 15.9. The largest absolute Gasteiger partial charge is 0.344 e. The van der Waals surface area contributed by atoms with Gasteiger partial charge in [-0.1, -0.05) is 30.7 Å². The predicted octanol–water partition coefficient (Wildman–Crippen LogP) is 2.87. The Morgan fingerprint density at radius 2 is 1.90 bits per heavy atom. The maximum Gasteiger partial charge on any atom is 0.222 e. The first-order chi connectivity index (χ1) is 10.2. The Balaban J connectivity index is 1.71. The van der Waals surface area contributed by atoms with Gasteiger partial charge >= 0.3 is 0 Å². The van der Waals surface area contributed by atoms with E-state index in [4.69, 9.17) is 0 Å². The first-order valence-electron chi connectivity index (χ1n) is 8.17. The van der Waals surface area contributed by atoms with Gasteiger partial charge in [-0.2, -0.15) is 0 Å². The highest BCUT2D eigenvalue weighted by atomic mass is 16.2. The van der Waals surface area contributed by atoms with Gasteiger partial charge in [0.1, 0.15) is 0 Å². The summed E-state index contributed by atoms with van der Waals surface area (Å²) >= 11 is 0. The Labute approximate surface area is 128 Å².